The average Bonchev–Trinajstić information content (AvgIpc) is 2.75. The molecule has 1 aromatic carbocycles. The number of amides is 1. The molecule has 18 heavy (non-hydrogen) atoms. The summed E-state index contributed by atoms with van der Waals surface area (Å²) < 4.78 is 0. The Morgan fingerprint density at radius 3 is 2.83 bits per heavy atom. The Balaban J connectivity index is 2.25. The largest absolute Gasteiger partial charge is 0.481 e. The monoisotopic (exact) mass is 249 g/mol. The van der Waals surface area contributed by atoms with Gasteiger partial charge in [-0.15, -0.1) is 0 Å². The molecule has 2 rings (SSSR count). The molecule has 0 aromatic heterocycles. The number of rotatable bonds is 4. The smallest absolute Gasteiger partial charge is 0.305 e. The maximum Gasteiger partial charge on any atom is 0.305 e. The standard InChI is InChI=1S/C12H15N3O3/c13-9(7-12(17)18)8-3-1-2-4-10(8)15-6-5-11(16)14-15/h1-4,9H,5-7,13H2,(H,14,16)(H,17,18). The van der Waals surface area contributed by atoms with Gasteiger partial charge in [0, 0.05) is 19.0 Å². The van der Waals surface area contributed by atoms with Crippen LogP contribution < -0.4 is 16.2 Å². The minimum atomic E-state index is -0.942. The van der Waals surface area contributed by atoms with Crippen molar-refractivity contribution in [1.29, 1.82) is 0 Å². The number of hydrogen-bond donors (Lipinski definition) is 3. The van der Waals surface area contributed by atoms with Crippen molar-refractivity contribution in [3.8, 4) is 0 Å². The van der Waals surface area contributed by atoms with Gasteiger partial charge < -0.3 is 10.8 Å². The number of nitrogens with one attached hydrogen (secondary N) is 1. The number of carboxylic acids is 1. The number of aliphatic carboxylic acids is 1. The lowest BCUT2D eigenvalue weighted by molar-refractivity contribution is -0.137. The molecule has 0 bridgehead atoms. The number of carbonyl (C=O) groups is 2. The van der Waals surface area contributed by atoms with E-state index < -0.39 is 12.0 Å². The number of para-hydroxylation sites is 1. The highest BCUT2D eigenvalue weighted by Gasteiger charge is 2.23. The van der Waals surface area contributed by atoms with Gasteiger partial charge in [0.25, 0.3) is 0 Å². The van der Waals surface area contributed by atoms with Gasteiger partial charge in [-0.3, -0.25) is 20.0 Å². The van der Waals surface area contributed by atoms with Crippen molar-refractivity contribution in [1.82, 2.24) is 5.43 Å². The molecular weight excluding hydrogens is 234 g/mol. The van der Waals surface area contributed by atoms with E-state index in [2.05, 4.69) is 5.43 Å². The van der Waals surface area contributed by atoms with Gasteiger partial charge in [0.1, 0.15) is 0 Å². The molecule has 0 aliphatic carbocycles. The Kier molecular flexibility index (Phi) is 3.47. The fraction of sp³-hybridized carbons (Fsp3) is 0.333. The molecule has 1 atom stereocenters. The number of carboxylic acid groups (broad SMARTS) is 1. The van der Waals surface area contributed by atoms with E-state index >= 15 is 0 Å². The van der Waals surface area contributed by atoms with Gasteiger partial charge in [0.05, 0.1) is 12.1 Å². The van der Waals surface area contributed by atoms with Gasteiger partial charge in [-0.1, -0.05) is 18.2 Å². The minimum Gasteiger partial charge on any atom is -0.481 e. The molecule has 4 N–H and O–H groups in total. The second-order valence-corrected chi connectivity index (χ2v) is 4.20. The summed E-state index contributed by atoms with van der Waals surface area (Å²) >= 11 is 0. The number of carbonyl (C=O) groups excluding carboxylic acids is 1. The third kappa shape index (κ3) is 2.60. The number of nitrogens with two attached hydrogens (primary N) is 1. The molecule has 1 aromatic rings. The topological polar surface area (TPSA) is 95.7 Å². The van der Waals surface area contributed by atoms with E-state index in [4.69, 9.17) is 10.8 Å². The molecule has 1 saturated heterocycles. The third-order valence-corrected chi connectivity index (χ3v) is 2.84. The fourth-order valence-corrected chi connectivity index (χ4v) is 2.00. The normalized spacial score (nSPS) is 16.5. The van der Waals surface area contributed by atoms with Crippen LogP contribution in [-0.4, -0.2) is 23.5 Å². The first-order valence-electron chi connectivity index (χ1n) is 5.71. The Hall–Kier alpha value is -2.08. The first-order chi connectivity index (χ1) is 8.58. The molecule has 0 spiro atoms. The van der Waals surface area contributed by atoms with Crippen LogP contribution in [0.2, 0.25) is 0 Å². The van der Waals surface area contributed by atoms with Crippen LogP contribution in [0.5, 0.6) is 0 Å². The van der Waals surface area contributed by atoms with Crippen molar-refractivity contribution < 1.29 is 14.7 Å². The summed E-state index contributed by atoms with van der Waals surface area (Å²) in [6.07, 6.45) is 0.293. The van der Waals surface area contributed by atoms with Gasteiger partial charge in [-0.25, -0.2) is 0 Å². The van der Waals surface area contributed by atoms with Gasteiger partial charge >= 0.3 is 5.97 Å². The molecule has 1 unspecified atom stereocenters. The van der Waals surface area contributed by atoms with Crippen LogP contribution in [0.1, 0.15) is 24.4 Å². The highest BCUT2D eigenvalue weighted by molar-refractivity contribution is 5.82. The lowest BCUT2D eigenvalue weighted by Gasteiger charge is -2.23. The van der Waals surface area contributed by atoms with E-state index in [1.807, 2.05) is 12.1 Å². The zero-order valence-electron chi connectivity index (χ0n) is 9.80. The van der Waals surface area contributed by atoms with Crippen molar-refractivity contribution in [3.05, 3.63) is 29.8 Å². The highest BCUT2D eigenvalue weighted by Crippen LogP contribution is 2.27. The Morgan fingerprint density at radius 1 is 1.50 bits per heavy atom. The quantitative estimate of drug-likeness (QED) is 0.718. The predicted molar refractivity (Wildman–Crippen MR) is 65.7 cm³/mol. The maximum absolute atomic E-state index is 11.2. The molecule has 6 heteroatoms. The maximum atomic E-state index is 11.2. The summed E-state index contributed by atoms with van der Waals surface area (Å²) in [6, 6.07) is 6.65. The highest BCUT2D eigenvalue weighted by atomic mass is 16.4. The summed E-state index contributed by atoms with van der Waals surface area (Å²) in [4.78, 5) is 21.9. The van der Waals surface area contributed by atoms with Crippen LogP contribution in [-0.2, 0) is 9.59 Å². The number of anilines is 1. The number of hydrogen-bond acceptors (Lipinski definition) is 4. The van der Waals surface area contributed by atoms with Crippen molar-refractivity contribution >= 4 is 17.6 Å². The molecule has 1 amide bonds. The molecule has 1 aliphatic rings. The van der Waals surface area contributed by atoms with Crippen molar-refractivity contribution in [2.45, 2.75) is 18.9 Å². The third-order valence-electron chi connectivity index (χ3n) is 2.84. The second-order valence-electron chi connectivity index (χ2n) is 4.20. The Labute approximate surface area is 104 Å². The molecule has 96 valence electrons. The van der Waals surface area contributed by atoms with Crippen LogP contribution in [0.4, 0.5) is 5.69 Å². The molecule has 0 radical (unpaired) electrons. The van der Waals surface area contributed by atoms with Gasteiger partial charge in [-0.05, 0) is 11.6 Å². The molecule has 0 saturated carbocycles. The molecule has 1 heterocycles. The molecule has 1 aliphatic heterocycles. The fourth-order valence-electron chi connectivity index (χ4n) is 2.00. The summed E-state index contributed by atoms with van der Waals surface area (Å²) in [6.45, 7) is 0.565. The zero-order chi connectivity index (χ0) is 13.1. The lowest BCUT2D eigenvalue weighted by Crippen LogP contribution is -2.34. The van der Waals surface area contributed by atoms with E-state index in [9.17, 15) is 9.59 Å². The van der Waals surface area contributed by atoms with Crippen LogP contribution in [0.3, 0.4) is 0 Å². The minimum absolute atomic E-state index is 0.0448. The molecular formula is C12H15N3O3. The van der Waals surface area contributed by atoms with E-state index in [1.54, 1.807) is 17.1 Å². The van der Waals surface area contributed by atoms with Crippen LogP contribution in [0.15, 0.2) is 24.3 Å². The number of nitrogens with zero attached hydrogens (tertiary/aromatic N) is 1. The van der Waals surface area contributed by atoms with E-state index in [0.29, 0.717) is 13.0 Å². The first kappa shape index (κ1) is 12.4. The predicted octanol–water partition coefficient (Wildman–Crippen LogP) is 0.402. The number of hydrazine groups is 1. The van der Waals surface area contributed by atoms with Gasteiger partial charge in [0.2, 0.25) is 5.91 Å². The summed E-state index contributed by atoms with van der Waals surface area (Å²) in [5.74, 6) is -0.987. The Morgan fingerprint density at radius 2 is 2.22 bits per heavy atom. The van der Waals surface area contributed by atoms with E-state index in [-0.39, 0.29) is 12.3 Å². The number of benzene rings is 1. The van der Waals surface area contributed by atoms with Crippen LogP contribution in [0.25, 0.3) is 0 Å². The van der Waals surface area contributed by atoms with Gasteiger partial charge in [-0.2, -0.15) is 0 Å². The second kappa shape index (κ2) is 5.05. The average molecular weight is 249 g/mol. The van der Waals surface area contributed by atoms with Crippen LogP contribution >= 0.6 is 0 Å². The summed E-state index contributed by atoms with van der Waals surface area (Å²) in [5, 5.41) is 10.5. The van der Waals surface area contributed by atoms with Crippen LogP contribution in [0, 0.1) is 0 Å². The van der Waals surface area contributed by atoms with Crippen molar-refractivity contribution in [2.75, 3.05) is 11.6 Å². The summed E-state index contributed by atoms with van der Waals surface area (Å²) in [5.41, 5.74) is 10.1. The summed E-state index contributed by atoms with van der Waals surface area (Å²) in [7, 11) is 0. The molecule has 6 nitrogen and oxygen atoms in total. The van der Waals surface area contributed by atoms with Crippen molar-refractivity contribution in [2.24, 2.45) is 5.73 Å². The molecule has 1 fully saturated rings. The first-order valence-corrected chi connectivity index (χ1v) is 5.71. The lowest BCUT2D eigenvalue weighted by atomic mass is 10.0. The zero-order valence-corrected chi connectivity index (χ0v) is 9.80. The van der Waals surface area contributed by atoms with Gasteiger partial charge in [0.15, 0.2) is 0 Å². The van der Waals surface area contributed by atoms with E-state index in [0.717, 1.165) is 11.3 Å². The SMILES string of the molecule is NC(CC(=O)O)c1ccccc1N1CCC(=O)N1. The Bertz CT molecular complexity index is 475. The van der Waals surface area contributed by atoms with E-state index in [1.165, 1.54) is 0 Å². The van der Waals surface area contributed by atoms with Crippen molar-refractivity contribution in [3.63, 3.8) is 0 Å².